The van der Waals surface area contributed by atoms with E-state index in [1.807, 2.05) is 0 Å². The molecule has 1 amide bonds. The Labute approximate surface area is 123 Å². The lowest BCUT2D eigenvalue weighted by Gasteiger charge is -2.21. The molecular weight excluding hydrogens is 296 g/mol. The quantitative estimate of drug-likeness (QED) is 0.726. The van der Waals surface area contributed by atoms with Crippen molar-refractivity contribution in [2.24, 2.45) is 10.6 Å². The van der Waals surface area contributed by atoms with Gasteiger partial charge in [0.25, 0.3) is 0 Å². The Kier molecular flexibility index (Phi) is 5.08. The van der Waals surface area contributed by atoms with Crippen molar-refractivity contribution in [3.05, 3.63) is 24.3 Å². The van der Waals surface area contributed by atoms with Crippen LogP contribution in [0.4, 0.5) is 5.69 Å². The molecule has 116 valence electrons. The lowest BCUT2D eigenvalue weighted by molar-refractivity contribution is -0.139. The topological polar surface area (TPSA) is 127 Å². The smallest absolute Gasteiger partial charge is 0.303 e. The summed E-state index contributed by atoms with van der Waals surface area (Å²) in [6.07, 6.45) is -0.227. The van der Waals surface area contributed by atoms with Crippen molar-refractivity contribution < 1.29 is 23.1 Å². The zero-order valence-electron chi connectivity index (χ0n) is 11.8. The van der Waals surface area contributed by atoms with Crippen molar-refractivity contribution in [3.63, 3.8) is 0 Å². The van der Waals surface area contributed by atoms with E-state index in [0.717, 1.165) is 0 Å². The van der Waals surface area contributed by atoms with E-state index in [-0.39, 0.29) is 23.4 Å². The van der Waals surface area contributed by atoms with Gasteiger partial charge in [0.05, 0.1) is 12.1 Å². The predicted molar refractivity (Wildman–Crippen MR) is 77.1 cm³/mol. The van der Waals surface area contributed by atoms with Crippen molar-refractivity contribution in [1.29, 1.82) is 0 Å². The molecule has 0 aliphatic rings. The van der Waals surface area contributed by atoms with E-state index in [1.54, 1.807) is 19.9 Å². The van der Waals surface area contributed by atoms with E-state index in [1.165, 1.54) is 18.2 Å². The Morgan fingerprint density at radius 2 is 1.81 bits per heavy atom. The van der Waals surface area contributed by atoms with Crippen LogP contribution in [0.1, 0.15) is 26.7 Å². The molecule has 0 spiro atoms. The van der Waals surface area contributed by atoms with Crippen molar-refractivity contribution in [1.82, 2.24) is 0 Å². The molecule has 7 nitrogen and oxygen atoms in total. The average Bonchev–Trinajstić information content (AvgIpc) is 2.24. The number of sulfonamides is 1. The minimum absolute atomic E-state index is 0.0573. The number of anilines is 1. The molecule has 0 saturated carbocycles. The third-order valence-corrected chi connectivity index (χ3v) is 3.71. The minimum Gasteiger partial charge on any atom is -0.481 e. The van der Waals surface area contributed by atoms with Gasteiger partial charge in [0.15, 0.2) is 0 Å². The van der Waals surface area contributed by atoms with Crippen LogP contribution in [0.2, 0.25) is 0 Å². The summed E-state index contributed by atoms with van der Waals surface area (Å²) in [5, 5.41) is 16.3. The van der Waals surface area contributed by atoms with E-state index in [0.29, 0.717) is 0 Å². The molecule has 8 heteroatoms. The molecule has 21 heavy (non-hydrogen) atoms. The highest BCUT2D eigenvalue weighted by molar-refractivity contribution is 7.89. The number of primary sulfonamides is 1. The number of aliphatic carboxylic acids is 1. The third-order valence-electron chi connectivity index (χ3n) is 2.74. The number of carbonyl (C=O) groups excluding carboxylic acids is 1. The lowest BCUT2D eigenvalue weighted by atomic mass is 9.85. The van der Waals surface area contributed by atoms with Crippen molar-refractivity contribution in [2.45, 2.75) is 31.6 Å². The molecule has 1 aromatic rings. The van der Waals surface area contributed by atoms with Crippen molar-refractivity contribution >= 4 is 27.6 Å². The fraction of sp³-hybridized carbons (Fsp3) is 0.385. The van der Waals surface area contributed by atoms with Gasteiger partial charge in [0, 0.05) is 6.42 Å². The predicted octanol–water partition coefficient (Wildman–Crippen LogP) is 1.16. The number of rotatable bonds is 6. The van der Waals surface area contributed by atoms with Crippen LogP contribution in [0.15, 0.2) is 29.2 Å². The summed E-state index contributed by atoms with van der Waals surface area (Å²) >= 11 is 0. The number of para-hydroxylation sites is 1. The standard InChI is InChI=1S/C13H18N2O5S/c1-13(2,8-12(17)18)7-11(16)15-9-5-3-4-6-10(9)21(14,19)20/h3-6H,7-8H2,1-2H3,(H,15,16)(H,17,18)(H2,14,19,20). The molecule has 0 bridgehead atoms. The first kappa shape index (κ1) is 17.1. The minimum atomic E-state index is -3.95. The maximum atomic E-state index is 11.9. The Balaban J connectivity index is 2.88. The monoisotopic (exact) mass is 314 g/mol. The van der Waals surface area contributed by atoms with E-state index >= 15 is 0 Å². The zero-order valence-corrected chi connectivity index (χ0v) is 12.6. The number of carbonyl (C=O) groups is 2. The van der Waals surface area contributed by atoms with Gasteiger partial charge in [-0.3, -0.25) is 9.59 Å². The number of hydrogen-bond donors (Lipinski definition) is 3. The molecule has 0 saturated heterocycles. The van der Waals surface area contributed by atoms with Gasteiger partial charge in [-0.05, 0) is 17.5 Å². The van der Waals surface area contributed by atoms with Gasteiger partial charge in [0.1, 0.15) is 4.90 Å². The molecule has 0 aliphatic heterocycles. The summed E-state index contributed by atoms with van der Waals surface area (Å²) in [4.78, 5) is 22.5. The van der Waals surface area contributed by atoms with Crippen LogP contribution in [0.3, 0.4) is 0 Å². The fourth-order valence-electron chi connectivity index (χ4n) is 1.92. The molecule has 0 fully saturated rings. The van der Waals surface area contributed by atoms with Crippen LogP contribution in [-0.4, -0.2) is 25.4 Å². The number of nitrogens with two attached hydrogens (primary N) is 1. The molecule has 0 atom stereocenters. The summed E-state index contributed by atoms with van der Waals surface area (Å²) in [5.41, 5.74) is -0.664. The second-order valence-electron chi connectivity index (χ2n) is 5.50. The van der Waals surface area contributed by atoms with Gasteiger partial charge in [0.2, 0.25) is 15.9 Å². The fourth-order valence-corrected chi connectivity index (χ4v) is 2.61. The van der Waals surface area contributed by atoms with Crippen LogP contribution >= 0.6 is 0 Å². The van der Waals surface area contributed by atoms with E-state index in [4.69, 9.17) is 10.2 Å². The Morgan fingerprint density at radius 3 is 2.33 bits per heavy atom. The molecular formula is C13H18N2O5S. The second kappa shape index (κ2) is 6.23. The van der Waals surface area contributed by atoms with Crippen LogP contribution in [-0.2, 0) is 19.6 Å². The first-order valence-corrected chi connectivity index (χ1v) is 7.69. The van der Waals surface area contributed by atoms with Gasteiger partial charge in [-0.25, -0.2) is 13.6 Å². The summed E-state index contributed by atoms with van der Waals surface area (Å²) in [6.45, 7) is 3.29. The average molecular weight is 314 g/mol. The van der Waals surface area contributed by atoms with Crippen LogP contribution in [0.5, 0.6) is 0 Å². The van der Waals surface area contributed by atoms with E-state index in [9.17, 15) is 18.0 Å². The molecule has 0 radical (unpaired) electrons. The van der Waals surface area contributed by atoms with Crippen LogP contribution in [0.25, 0.3) is 0 Å². The zero-order chi connectivity index (χ0) is 16.3. The van der Waals surface area contributed by atoms with Gasteiger partial charge in [-0.15, -0.1) is 0 Å². The molecule has 1 rings (SSSR count). The Hall–Kier alpha value is -1.93. The normalized spacial score (nSPS) is 12.0. The molecule has 0 aromatic heterocycles. The highest BCUT2D eigenvalue weighted by Crippen LogP contribution is 2.26. The van der Waals surface area contributed by atoms with Crippen LogP contribution < -0.4 is 10.5 Å². The van der Waals surface area contributed by atoms with Crippen molar-refractivity contribution in [2.75, 3.05) is 5.32 Å². The largest absolute Gasteiger partial charge is 0.481 e. The molecule has 0 unspecified atom stereocenters. The van der Waals surface area contributed by atoms with Gasteiger partial charge < -0.3 is 10.4 Å². The second-order valence-corrected chi connectivity index (χ2v) is 7.03. The summed E-state index contributed by atoms with van der Waals surface area (Å²) in [5.74, 6) is -1.48. The molecule has 4 N–H and O–H groups in total. The SMILES string of the molecule is CC(C)(CC(=O)O)CC(=O)Nc1ccccc1S(N)(=O)=O. The molecule has 1 aromatic carbocycles. The number of amides is 1. The number of nitrogens with one attached hydrogen (secondary N) is 1. The Bertz CT molecular complexity index is 652. The van der Waals surface area contributed by atoms with E-state index < -0.39 is 27.3 Å². The maximum absolute atomic E-state index is 11.9. The van der Waals surface area contributed by atoms with Crippen molar-refractivity contribution in [3.8, 4) is 0 Å². The maximum Gasteiger partial charge on any atom is 0.303 e. The summed E-state index contributed by atoms with van der Waals surface area (Å²) < 4.78 is 22.8. The third kappa shape index (κ3) is 5.52. The molecule has 0 heterocycles. The highest BCUT2D eigenvalue weighted by Gasteiger charge is 2.26. The number of hydrogen-bond acceptors (Lipinski definition) is 4. The molecule has 0 aliphatic carbocycles. The summed E-state index contributed by atoms with van der Waals surface area (Å²) in [7, 11) is -3.95. The Morgan fingerprint density at radius 1 is 1.24 bits per heavy atom. The highest BCUT2D eigenvalue weighted by atomic mass is 32.2. The lowest BCUT2D eigenvalue weighted by Crippen LogP contribution is -2.25. The van der Waals surface area contributed by atoms with Gasteiger partial charge in [-0.2, -0.15) is 0 Å². The number of carboxylic acids is 1. The van der Waals surface area contributed by atoms with Gasteiger partial charge in [-0.1, -0.05) is 26.0 Å². The first-order chi connectivity index (χ1) is 9.51. The first-order valence-electron chi connectivity index (χ1n) is 6.15. The van der Waals surface area contributed by atoms with Gasteiger partial charge >= 0.3 is 5.97 Å². The number of benzene rings is 1. The van der Waals surface area contributed by atoms with Crippen LogP contribution in [0, 0.1) is 5.41 Å². The summed E-state index contributed by atoms with van der Waals surface area (Å²) in [6, 6.07) is 5.76. The number of carboxylic acid groups (broad SMARTS) is 1. The van der Waals surface area contributed by atoms with E-state index in [2.05, 4.69) is 5.32 Å².